The highest BCUT2D eigenvalue weighted by Crippen LogP contribution is 2.25. The minimum atomic E-state index is -0.493. The number of aromatic nitrogens is 1. The van der Waals surface area contributed by atoms with Crippen molar-refractivity contribution in [2.75, 3.05) is 17.3 Å². The van der Waals surface area contributed by atoms with Gasteiger partial charge in [0.05, 0.1) is 4.92 Å². The molecule has 1 amide bonds. The number of benzene rings is 1. The summed E-state index contributed by atoms with van der Waals surface area (Å²) >= 11 is 0. The molecule has 1 aromatic carbocycles. The molecular formula is C14H14N4O3. The summed E-state index contributed by atoms with van der Waals surface area (Å²) in [5.74, 6) is 0.103. The molecule has 0 atom stereocenters. The molecule has 0 aliphatic heterocycles. The third kappa shape index (κ3) is 3.33. The zero-order chi connectivity index (χ0) is 15.4. The molecule has 7 nitrogen and oxygen atoms in total. The van der Waals surface area contributed by atoms with Crippen LogP contribution in [0, 0.1) is 10.1 Å². The first-order valence-corrected chi connectivity index (χ1v) is 6.20. The van der Waals surface area contributed by atoms with E-state index in [0.717, 1.165) is 5.69 Å². The molecule has 0 spiro atoms. The fourth-order valence-electron chi connectivity index (χ4n) is 1.73. The topological polar surface area (TPSA) is 88.4 Å². The normalized spacial score (nSPS) is 10.0. The number of nitrogens with one attached hydrogen (secondary N) is 1. The molecule has 0 fully saturated rings. The van der Waals surface area contributed by atoms with E-state index in [1.807, 2.05) is 0 Å². The number of amides is 1. The van der Waals surface area contributed by atoms with Gasteiger partial charge in [-0.25, -0.2) is 4.98 Å². The average Bonchev–Trinajstić information content (AvgIpc) is 2.47. The highest BCUT2D eigenvalue weighted by Gasteiger charge is 2.14. The SMILES string of the molecule is CC(=O)N(C)c1ccc(Nc2ncccc2[N+](=O)[O-])cc1. The maximum Gasteiger partial charge on any atom is 0.311 e. The Bertz CT molecular complexity index is 670. The Hall–Kier alpha value is -2.96. The molecule has 0 saturated heterocycles. The Labute approximate surface area is 121 Å². The Morgan fingerprint density at radius 1 is 1.29 bits per heavy atom. The maximum atomic E-state index is 11.3. The number of nitrogens with zero attached hydrogens (tertiary/aromatic N) is 3. The fourth-order valence-corrected chi connectivity index (χ4v) is 1.73. The monoisotopic (exact) mass is 286 g/mol. The fraction of sp³-hybridized carbons (Fsp3) is 0.143. The molecule has 21 heavy (non-hydrogen) atoms. The summed E-state index contributed by atoms with van der Waals surface area (Å²) in [5.41, 5.74) is 1.29. The van der Waals surface area contributed by atoms with Gasteiger partial charge in [-0.15, -0.1) is 0 Å². The first-order valence-electron chi connectivity index (χ1n) is 6.20. The zero-order valence-corrected chi connectivity index (χ0v) is 11.6. The zero-order valence-electron chi connectivity index (χ0n) is 11.6. The Morgan fingerprint density at radius 3 is 2.52 bits per heavy atom. The van der Waals surface area contributed by atoms with Crippen LogP contribution in [-0.4, -0.2) is 22.9 Å². The van der Waals surface area contributed by atoms with Crippen LogP contribution in [0.25, 0.3) is 0 Å². The third-order valence-corrected chi connectivity index (χ3v) is 2.97. The van der Waals surface area contributed by atoms with Crippen molar-refractivity contribution in [3.05, 3.63) is 52.7 Å². The number of carbonyl (C=O) groups excluding carboxylic acids is 1. The number of hydrogen-bond acceptors (Lipinski definition) is 5. The number of hydrogen-bond donors (Lipinski definition) is 1. The van der Waals surface area contributed by atoms with E-state index in [2.05, 4.69) is 10.3 Å². The molecule has 1 aromatic heterocycles. The lowest BCUT2D eigenvalue weighted by atomic mass is 10.2. The van der Waals surface area contributed by atoms with Crippen molar-refractivity contribution >= 4 is 28.8 Å². The van der Waals surface area contributed by atoms with E-state index in [1.54, 1.807) is 31.3 Å². The van der Waals surface area contributed by atoms with E-state index in [0.29, 0.717) is 5.69 Å². The van der Waals surface area contributed by atoms with Gasteiger partial charge in [-0.3, -0.25) is 14.9 Å². The van der Waals surface area contributed by atoms with Crippen LogP contribution < -0.4 is 10.2 Å². The lowest BCUT2D eigenvalue weighted by Gasteiger charge is -2.15. The molecule has 0 unspecified atom stereocenters. The van der Waals surface area contributed by atoms with Gasteiger partial charge in [0.15, 0.2) is 0 Å². The largest absolute Gasteiger partial charge is 0.334 e. The van der Waals surface area contributed by atoms with Crippen molar-refractivity contribution in [2.24, 2.45) is 0 Å². The van der Waals surface area contributed by atoms with E-state index in [4.69, 9.17) is 0 Å². The van der Waals surface area contributed by atoms with E-state index < -0.39 is 4.92 Å². The molecule has 0 bridgehead atoms. The van der Waals surface area contributed by atoms with Gasteiger partial charge in [-0.2, -0.15) is 0 Å². The number of anilines is 3. The van der Waals surface area contributed by atoms with Crippen LogP contribution >= 0.6 is 0 Å². The van der Waals surface area contributed by atoms with Crippen LogP contribution in [0.5, 0.6) is 0 Å². The molecule has 0 aliphatic carbocycles. The van der Waals surface area contributed by atoms with Gasteiger partial charge in [-0.1, -0.05) is 0 Å². The first-order chi connectivity index (χ1) is 9.99. The van der Waals surface area contributed by atoms with Crippen LogP contribution in [0.15, 0.2) is 42.6 Å². The molecule has 0 saturated carbocycles. The predicted molar refractivity (Wildman–Crippen MR) is 79.7 cm³/mol. The average molecular weight is 286 g/mol. The van der Waals surface area contributed by atoms with Crippen molar-refractivity contribution in [1.29, 1.82) is 0 Å². The molecular weight excluding hydrogens is 272 g/mol. The molecule has 108 valence electrons. The third-order valence-electron chi connectivity index (χ3n) is 2.97. The summed E-state index contributed by atoms with van der Waals surface area (Å²) in [6.07, 6.45) is 1.48. The van der Waals surface area contributed by atoms with Gasteiger partial charge in [0.25, 0.3) is 0 Å². The number of carbonyl (C=O) groups is 1. The van der Waals surface area contributed by atoms with Crippen molar-refractivity contribution in [1.82, 2.24) is 4.98 Å². The Kier molecular flexibility index (Phi) is 4.13. The van der Waals surface area contributed by atoms with Gasteiger partial charge in [0.2, 0.25) is 11.7 Å². The second-order valence-corrected chi connectivity index (χ2v) is 4.38. The summed E-state index contributed by atoms with van der Waals surface area (Å²) in [4.78, 5) is 27.2. The van der Waals surface area contributed by atoms with Gasteiger partial charge in [0.1, 0.15) is 0 Å². The van der Waals surface area contributed by atoms with Gasteiger partial charge in [-0.05, 0) is 30.3 Å². The summed E-state index contributed by atoms with van der Waals surface area (Å²) in [7, 11) is 1.67. The van der Waals surface area contributed by atoms with Gasteiger partial charge in [0, 0.05) is 37.6 Å². The Morgan fingerprint density at radius 2 is 1.95 bits per heavy atom. The van der Waals surface area contributed by atoms with Crippen molar-refractivity contribution in [3.63, 3.8) is 0 Å². The molecule has 2 rings (SSSR count). The molecule has 7 heteroatoms. The van der Waals surface area contributed by atoms with E-state index >= 15 is 0 Å². The highest BCUT2D eigenvalue weighted by atomic mass is 16.6. The smallest absolute Gasteiger partial charge is 0.311 e. The first kappa shape index (κ1) is 14.4. The minimum absolute atomic E-state index is 0.0731. The summed E-state index contributed by atoms with van der Waals surface area (Å²) < 4.78 is 0. The van der Waals surface area contributed by atoms with Crippen LogP contribution in [-0.2, 0) is 4.79 Å². The molecule has 0 aliphatic rings. The van der Waals surface area contributed by atoms with Crippen LogP contribution in [0.2, 0.25) is 0 Å². The summed E-state index contributed by atoms with van der Waals surface area (Å²) in [6, 6.07) is 9.85. The van der Waals surface area contributed by atoms with Gasteiger partial charge >= 0.3 is 5.69 Å². The lowest BCUT2D eigenvalue weighted by molar-refractivity contribution is -0.384. The van der Waals surface area contributed by atoms with Crippen LogP contribution in [0.1, 0.15) is 6.92 Å². The second kappa shape index (κ2) is 6.00. The van der Waals surface area contributed by atoms with E-state index in [1.165, 1.54) is 30.2 Å². The van der Waals surface area contributed by atoms with Crippen molar-refractivity contribution in [3.8, 4) is 0 Å². The quantitative estimate of drug-likeness (QED) is 0.689. The highest BCUT2D eigenvalue weighted by molar-refractivity contribution is 5.91. The summed E-state index contributed by atoms with van der Waals surface area (Å²) in [5, 5.41) is 13.8. The van der Waals surface area contributed by atoms with Crippen molar-refractivity contribution in [2.45, 2.75) is 6.92 Å². The van der Waals surface area contributed by atoms with Crippen LogP contribution in [0.3, 0.4) is 0 Å². The molecule has 2 aromatic rings. The second-order valence-electron chi connectivity index (χ2n) is 4.38. The van der Waals surface area contributed by atoms with Crippen LogP contribution in [0.4, 0.5) is 22.9 Å². The number of rotatable bonds is 4. The van der Waals surface area contributed by atoms with E-state index in [9.17, 15) is 14.9 Å². The lowest BCUT2D eigenvalue weighted by Crippen LogP contribution is -2.22. The van der Waals surface area contributed by atoms with Gasteiger partial charge < -0.3 is 10.2 Å². The summed E-state index contributed by atoms with van der Waals surface area (Å²) in [6.45, 7) is 1.48. The Balaban J connectivity index is 2.22. The molecule has 0 radical (unpaired) electrons. The number of pyridine rings is 1. The van der Waals surface area contributed by atoms with E-state index in [-0.39, 0.29) is 17.4 Å². The number of nitro groups is 1. The molecule has 1 heterocycles. The minimum Gasteiger partial charge on any atom is -0.334 e. The maximum absolute atomic E-state index is 11.3. The molecule has 1 N–H and O–H groups in total. The predicted octanol–water partition coefficient (Wildman–Crippen LogP) is 2.72. The standard InChI is InChI=1S/C14H14N4O3/c1-10(19)17(2)12-7-5-11(6-8-12)16-14-13(18(20)21)4-3-9-15-14/h3-9H,1-2H3,(H,15,16). The van der Waals surface area contributed by atoms with Crippen molar-refractivity contribution < 1.29 is 9.72 Å².